The van der Waals surface area contributed by atoms with Crippen LogP contribution >= 0.6 is 46.4 Å². The number of aromatic nitrogens is 8. The number of esters is 4. The minimum atomic E-state index is -1.05. The van der Waals surface area contributed by atoms with Gasteiger partial charge in [-0.3, -0.25) is 4.57 Å². The second kappa shape index (κ2) is 27.5. The zero-order valence-corrected chi connectivity index (χ0v) is 47.2. The van der Waals surface area contributed by atoms with Gasteiger partial charge in [-0.25, -0.2) is 39.1 Å². The Morgan fingerprint density at radius 2 is 1.10 bits per heavy atom. The highest BCUT2D eigenvalue weighted by molar-refractivity contribution is 6.35. The van der Waals surface area contributed by atoms with E-state index in [1.54, 1.807) is 108 Å². The standard InChI is InChI=1S/C27H24Cl2N4O5.C23H26O5.C5H2Cl2N4.C2H3N/c1-3-18-20(38-24(35)17-12-8-5-9-13-17)27(2,14-36-23(34)16-10-6-4-7-11-16)25(37-18)33-15-30-19-21(28)31-26(29)32-22(19)33;1-4-19-16(2)23(3,15-26-20(24)17-11-7-5-8-12-17)22(27-19)28-21(25)18-13-9-6-10-14-18;6-3-2-4(9-1-8-2)11-5(7)10-3;1-2-3/h4-13,15,18,20,25H,3,14H2,1-2H3;5-14,16,19,22H,4,15H2,1-3H3;1H,(H,8,9,10,11);1H3/t18-,20?,25-,27+;16-,19-,22?,23-;;/m11../s1. The lowest BCUT2D eigenvalue weighted by molar-refractivity contribution is -0.148. The third-order valence-electron chi connectivity index (χ3n) is 13.4. The Balaban J connectivity index is 0.000000191. The Labute approximate surface area is 480 Å². The lowest BCUT2D eigenvalue weighted by Gasteiger charge is -2.34. The topological polar surface area (TPSA) is 246 Å². The number of carbonyl (C=O) groups is 4. The molecule has 416 valence electrons. The molecule has 0 spiro atoms. The SMILES string of the molecule is CC#N.CC[C@H]1OC(OC(=O)c2ccccc2)[C@](C)(COC(=O)c2ccccc2)[C@@H]1C.CC[C@H]1O[C@@H](n2cnc3c(Cl)nc(Cl)nc32)[C@@](C)(COC(=O)c2ccccc2)C1OC(=O)c1ccccc1.Clc1nc(Cl)c2[nH]cnc2n1. The number of fused-ring (bicyclic) bond motifs is 2. The zero-order valence-electron chi connectivity index (χ0n) is 44.2. The number of hydrogen-bond acceptors (Lipinski definition) is 17. The number of aromatic amines is 1. The lowest BCUT2D eigenvalue weighted by Crippen LogP contribution is -2.44. The van der Waals surface area contributed by atoms with E-state index in [2.05, 4.69) is 34.9 Å². The molecule has 1 N–H and O–H groups in total. The van der Waals surface area contributed by atoms with Crippen LogP contribution in [0.3, 0.4) is 0 Å². The Hall–Kier alpha value is -7.57. The highest BCUT2D eigenvalue weighted by Gasteiger charge is 2.58. The number of H-pyrrole nitrogens is 1. The smallest absolute Gasteiger partial charge is 0.340 e. The molecule has 19 nitrogen and oxygen atoms in total. The zero-order chi connectivity index (χ0) is 57.6. The van der Waals surface area contributed by atoms with Gasteiger partial charge in [-0.2, -0.15) is 15.2 Å². The van der Waals surface area contributed by atoms with Crippen molar-refractivity contribution in [2.75, 3.05) is 13.2 Å². The van der Waals surface area contributed by atoms with Gasteiger partial charge in [0.2, 0.25) is 16.9 Å². The van der Waals surface area contributed by atoms with E-state index in [0.717, 1.165) is 6.42 Å². The number of nitrogens with one attached hydrogen (secondary N) is 1. The molecular weight excluding hydrogens is 1110 g/mol. The van der Waals surface area contributed by atoms with Crippen LogP contribution in [0.4, 0.5) is 0 Å². The fourth-order valence-electron chi connectivity index (χ4n) is 8.95. The van der Waals surface area contributed by atoms with Gasteiger partial charge in [0.05, 0.1) is 64.0 Å². The van der Waals surface area contributed by atoms with Crippen LogP contribution in [0.1, 0.15) is 102 Å². The molecule has 2 unspecified atom stereocenters. The normalized spacial score (nSPS) is 21.8. The van der Waals surface area contributed by atoms with Crippen molar-refractivity contribution in [3.63, 3.8) is 0 Å². The highest BCUT2D eigenvalue weighted by atomic mass is 35.5. The first-order chi connectivity index (χ1) is 38.5. The van der Waals surface area contributed by atoms with Crippen molar-refractivity contribution in [1.29, 1.82) is 5.26 Å². The van der Waals surface area contributed by atoms with E-state index in [0.29, 0.717) is 51.0 Å². The third-order valence-corrected chi connectivity index (χ3v) is 14.3. The van der Waals surface area contributed by atoms with Gasteiger partial charge in [0.1, 0.15) is 36.6 Å². The predicted octanol–water partition coefficient (Wildman–Crippen LogP) is 12.2. The molecule has 2 aliphatic rings. The first-order valence-corrected chi connectivity index (χ1v) is 26.6. The van der Waals surface area contributed by atoms with Crippen molar-refractivity contribution < 1.29 is 47.6 Å². The molecule has 2 fully saturated rings. The summed E-state index contributed by atoms with van der Waals surface area (Å²) >= 11 is 23.6. The Morgan fingerprint density at radius 1 is 0.637 bits per heavy atom. The molecule has 0 aliphatic carbocycles. The third kappa shape index (κ3) is 14.1. The number of benzene rings is 4. The van der Waals surface area contributed by atoms with Gasteiger partial charge in [0, 0.05) is 6.92 Å². The molecule has 0 saturated carbocycles. The van der Waals surface area contributed by atoms with Crippen molar-refractivity contribution in [3.8, 4) is 6.07 Å². The average Bonchev–Trinajstić information content (AvgIpc) is 4.25. The summed E-state index contributed by atoms with van der Waals surface area (Å²) in [5, 5.41) is 7.75. The summed E-state index contributed by atoms with van der Waals surface area (Å²) in [5.41, 5.74) is 1.81. The number of hydrogen-bond donors (Lipinski definition) is 1. The number of nitriles is 1. The van der Waals surface area contributed by atoms with Crippen LogP contribution < -0.4 is 0 Å². The Bertz CT molecular complexity index is 3430. The van der Waals surface area contributed by atoms with Gasteiger partial charge in [-0.05, 0) is 104 Å². The van der Waals surface area contributed by atoms with Crippen LogP contribution in [-0.2, 0) is 28.4 Å². The maximum atomic E-state index is 13.1. The van der Waals surface area contributed by atoms with Crippen LogP contribution in [-0.4, -0.2) is 101 Å². The number of ether oxygens (including phenoxy) is 6. The molecule has 23 heteroatoms. The summed E-state index contributed by atoms with van der Waals surface area (Å²) in [7, 11) is 0. The van der Waals surface area contributed by atoms with E-state index in [4.69, 9.17) is 80.1 Å². The molecule has 2 saturated heterocycles. The quantitative estimate of drug-likeness (QED) is 0.0488. The van der Waals surface area contributed by atoms with Crippen molar-refractivity contribution in [3.05, 3.63) is 177 Å². The molecule has 0 bridgehead atoms. The van der Waals surface area contributed by atoms with Gasteiger partial charge < -0.3 is 33.4 Å². The van der Waals surface area contributed by atoms with Crippen LogP contribution in [0.15, 0.2) is 134 Å². The number of halogens is 4. The van der Waals surface area contributed by atoms with Gasteiger partial charge >= 0.3 is 23.9 Å². The number of rotatable bonds is 13. The Kier molecular flexibility index (Phi) is 20.7. The van der Waals surface area contributed by atoms with Crippen LogP contribution in [0.25, 0.3) is 22.3 Å². The summed E-state index contributed by atoms with van der Waals surface area (Å²) in [4.78, 5) is 77.8. The maximum Gasteiger partial charge on any atom is 0.340 e. The summed E-state index contributed by atoms with van der Waals surface area (Å²) in [6.45, 7) is 11.2. The van der Waals surface area contributed by atoms with E-state index in [1.165, 1.54) is 19.6 Å². The van der Waals surface area contributed by atoms with Gasteiger partial charge in [-0.15, -0.1) is 0 Å². The number of nitrogens with zero attached hydrogens (tertiary/aromatic N) is 8. The van der Waals surface area contributed by atoms with Gasteiger partial charge in [0.15, 0.2) is 21.6 Å². The minimum absolute atomic E-state index is 0.0506. The van der Waals surface area contributed by atoms with Crippen LogP contribution in [0.5, 0.6) is 0 Å². The molecular formula is C57H55Cl4N9O10. The predicted molar refractivity (Wildman–Crippen MR) is 298 cm³/mol. The van der Waals surface area contributed by atoms with Crippen molar-refractivity contribution in [2.45, 2.75) is 85.2 Å². The molecule has 0 radical (unpaired) electrons. The average molecular weight is 1170 g/mol. The molecule has 8 atom stereocenters. The molecule has 4 aromatic heterocycles. The molecule has 6 heterocycles. The molecule has 0 amide bonds. The molecule has 4 aromatic carbocycles. The second-order valence-corrected chi connectivity index (χ2v) is 20.1. The molecule has 80 heavy (non-hydrogen) atoms. The van der Waals surface area contributed by atoms with Crippen molar-refractivity contribution in [2.24, 2.45) is 16.7 Å². The van der Waals surface area contributed by atoms with Crippen LogP contribution in [0.2, 0.25) is 20.9 Å². The summed E-state index contributed by atoms with van der Waals surface area (Å²) in [6, 6.07) is 36.7. The first-order valence-electron chi connectivity index (χ1n) is 25.1. The number of carbonyl (C=O) groups excluding carboxylic acids is 4. The fourth-order valence-corrected chi connectivity index (χ4v) is 9.80. The van der Waals surface area contributed by atoms with Crippen molar-refractivity contribution in [1.82, 2.24) is 39.5 Å². The maximum absolute atomic E-state index is 13.1. The number of imidazole rings is 2. The fraction of sp³-hybridized carbons (Fsp3) is 0.316. The van der Waals surface area contributed by atoms with E-state index >= 15 is 0 Å². The summed E-state index contributed by atoms with van der Waals surface area (Å²) in [5.74, 6) is -1.82. The van der Waals surface area contributed by atoms with E-state index in [9.17, 15) is 19.2 Å². The lowest BCUT2D eigenvalue weighted by atomic mass is 9.77. The van der Waals surface area contributed by atoms with Crippen LogP contribution in [0, 0.1) is 28.1 Å². The molecule has 8 aromatic rings. The molecule has 2 aliphatic heterocycles. The first kappa shape index (κ1) is 60.1. The van der Waals surface area contributed by atoms with Gasteiger partial charge in [-0.1, -0.05) is 117 Å². The Morgan fingerprint density at radius 3 is 1.61 bits per heavy atom. The summed E-state index contributed by atoms with van der Waals surface area (Å²) < 4.78 is 37.3. The van der Waals surface area contributed by atoms with E-state index in [-0.39, 0.29) is 46.1 Å². The highest BCUT2D eigenvalue weighted by Crippen LogP contribution is 2.50. The van der Waals surface area contributed by atoms with Crippen molar-refractivity contribution >= 4 is 92.6 Å². The van der Waals surface area contributed by atoms with Gasteiger partial charge in [0.25, 0.3) is 0 Å². The van der Waals surface area contributed by atoms with E-state index in [1.807, 2.05) is 58.9 Å². The van der Waals surface area contributed by atoms with E-state index < -0.39 is 59.4 Å². The second-order valence-electron chi connectivity index (χ2n) is 18.7. The monoisotopic (exact) mass is 1170 g/mol. The minimum Gasteiger partial charge on any atom is -0.461 e. The largest absolute Gasteiger partial charge is 0.461 e. The molecule has 10 rings (SSSR count). The summed E-state index contributed by atoms with van der Waals surface area (Å²) in [6.07, 6.45) is 1.35.